The number of amides is 2. The summed E-state index contributed by atoms with van der Waals surface area (Å²) in [5, 5.41) is 8.26. The van der Waals surface area contributed by atoms with E-state index in [-0.39, 0.29) is 23.5 Å². The third-order valence-electron chi connectivity index (χ3n) is 3.17. The van der Waals surface area contributed by atoms with Crippen LogP contribution in [0.1, 0.15) is 26.2 Å². The average molecular weight is 279 g/mol. The monoisotopic (exact) mass is 279 g/mol. The van der Waals surface area contributed by atoms with Crippen molar-refractivity contribution >= 4 is 23.2 Å². The van der Waals surface area contributed by atoms with E-state index in [9.17, 15) is 14.0 Å². The SMILES string of the molecule is CC(=O)Nc1cc(NC(=O)[C@@H]2CCCCN2)ccc1F. The second kappa shape index (κ2) is 6.47. The normalized spacial score (nSPS) is 18.4. The first-order chi connectivity index (χ1) is 9.56. The van der Waals surface area contributed by atoms with E-state index in [0.717, 1.165) is 25.8 Å². The topological polar surface area (TPSA) is 70.2 Å². The molecule has 0 radical (unpaired) electrons. The maximum atomic E-state index is 13.5. The molecule has 0 unspecified atom stereocenters. The Morgan fingerprint density at radius 3 is 2.75 bits per heavy atom. The summed E-state index contributed by atoms with van der Waals surface area (Å²) >= 11 is 0. The van der Waals surface area contributed by atoms with Gasteiger partial charge in [0, 0.05) is 12.6 Å². The van der Waals surface area contributed by atoms with Crippen LogP contribution in [0.2, 0.25) is 0 Å². The van der Waals surface area contributed by atoms with Crippen molar-refractivity contribution in [3.05, 3.63) is 24.0 Å². The Hall–Kier alpha value is -1.95. The minimum absolute atomic E-state index is 0.0619. The first-order valence-electron chi connectivity index (χ1n) is 6.67. The molecule has 0 aromatic heterocycles. The minimum atomic E-state index is -0.533. The second-order valence-corrected chi connectivity index (χ2v) is 4.87. The summed E-state index contributed by atoms with van der Waals surface area (Å²) in [6.45, 7) is 2.13. The summed E-state index contributed by atoms with van der Waals surface area (Å²) in [6.07, 6.45) is 2.89. The number of benzene rings is 1. The van der Waals surface area contributed by atoms with Crippen LogP contribution < -0.4 is 16.0 Å². The predicted molar refractivity (Wildman–Crippen MR) is 75.0 cm³/mol. The van der Waals surface area contributed by atoms with Crippen LogP contribution in [-0.4, -0.2) is 24.4 Å². The van der Waals surface area contributed by atoms with Gasteiger partial charge in [0.2, 0.25) is 11.8 Å². The first-order valence-corrected chi connectivity index (χ1v) is 6.67. The summed E-state index contributed by atoms with van der Waals surface area (Å²) in [4.78, 5) is 23.0. The van der Waals surface area contributed by atoms with Crippen LogP contribution in [-0.2, 0) is 9.59 Å². The van der Waals surface area contributed by atoms with Crippen LogP contribution in [0.5, 0.6) is 0 Å². The van der Waals surface area contributed by atoms with Gasteiger partial charge in [0.1, 0.15) is 5.82 Å². The number of anilines is 2. The van der Waals surface area contributed by atoms with Gasteiger partial charge in [0.15, 0.2) is 0 Å². The fraction of sp³-hybridized carbons (Fsp3) is 0.429. The number of piperidine rings is 1. The molecule has 0 saturated carbocycles. The number of hydrogen-bond acceptors (Lipinski definition) is 3. The van der Waals surface area contributed by atoms with Gasteiger partial charge in [-0.05, 0) is 37.6 Å². The molecular weight excluding hydrogens is 261 g/mol. The first kappa shape index (κ1) is 14.5. The second-order valence-electron chi connectivity index (χ2n) is 4.87. The molecular formula is C14H18FN3O2. The fourth-order valence-electron chi connectivity index (χ4n) is 2.19. The molecule has 2 amide bonds. The summed E-state index contributed by atoms with van der Waals surface area (Å²) in [5.74, 6) is -1.03. The molecule has 1 aliphatic heterocycles. The van der Waals surface area contributed by atoms with Crippen molar-refractivity contribution in [2.24, 2.45) is 0 Å². The van der Waals surface area contributed by atoms with Gasteiger partial charge in [-0.3, -0.25) is 9.59 Å². The summed E-state index contributed by atoms with van der Waals surface area (Å²) in [6, 6.07) is 3.90. The Bertz CT molecular complexity index is 513. The highest BCUT2D eigenvalue weighted by Gasteiger charge is 2.20. The third-order valence-corrected chi connectivity index (χ3v) is 3.17. The van der Waals surface area contributed by atoms with E-state index in [4.69, 9.17) is 0 Å². The number of carbonyl (C=O) groups is 2. The Morgan fingerprint density at radius 2 is 2.10 bits per heavy atom. The average Bonchev–Trinajstić information content (AvgIpc) is 2.43. The number of carbonyl (C=O) groups excluding carboxylic acids is 2. The van der Waals surface area contributed by atoms with Crippen molar-refractivity contribution in [3.8, 4) is 0 Å². The molecule has 108 valence electrons. The van der Waals surface area contributed by atoms with Gasteiger partial charge >= 0.3 is 0 Å². The van der Waals surface area contributed by atoms with Crippen molar-refractivity contribution < 1.29 is 14.0 Å². The van der Waals surface area contributed by atoms with Crippen molar-refractivity contribution in [3.63, 3.8) is 0 Å². The van der Waals surface area contributed by atoms with Gasteiger partial charge in [-0.2, -0.15) is 0 Å². The highest BCUT2D eigenvalue weighted by molar-refractivity contribution is 5.96. The Balaban J connectivity index is 2.05. The molecule has 0 spiro atoms. The van der Waals surface area contributed by atoms with Gasteiger partial charge in [0.25, 0.3) is 0 Å². The van der Waals surface area contributed by atoms with E-state index in [1.807, 2.05) is 0 Å². The molecule has 20 heavy (non-hydrogen) atoms. The number of hydrogen-bond donors (Lipinski definition) is 3. The Labute approximate surface area is 116 Å². The van der Waals surface area contributed by atoms with Gasteiger partial charge < -0.3 is 16.0 Å². The van der Waals surface area contributed by atoms with Gasteiger partial charge in [-0.1, -0.05) is 6.42 Å². The van der Waals surface area contributed by atoms with E-state index >= 15 is 0 Å². The van der Waals surface area contributed by atoms with E-state index < -0.39 is 5.82 Å². The summed E-state index contributed by atoms with van der Waals surface area (Å²) < 4.78 is 13.5. The van der Waals surface area contributed by atoms with E-state index in [0.29, 0.717) is 5.69 Å². The molecule has 1 aliphatic rings. The fourth-order valence-corrected chi connectivity index (χ4v) is 2.19. The molecule has 1 fully saturated rings. The molecule has 0 aliphatic carbocycles. The van der Waals surface area contributed by atoms with Crippen LogP contribution in [0.4, 0.5) is 15.8 Å². The Morgan fingerprint density at radius 1 is 1.30 bits per heavy atom. The van der Waals surface area contributed by atoms with Crippen LogP contribution >= 0.6 is 0 Å². The van der Waals surface area contributed by atoms with Crippen molar-refractivity contribution in [1.29, 1.82) is 0 Å². The maximum absolute atomic E-state index is 13.5. The predicted octanol–water partition coefficient (Wildman–Crippen LogP) is 1.86. The summed E-state index contributed by atoms with van der Waals surface area (Å²) in [5.41, 5.74) is 0.527. The highest BCUT2D eigenvalue weighted by Crippen LogP contribution is 2.20. The molecule has 2 rings (SSSR count). The lowest BCUT2D eigenvalue weighted by atomic mass is 10.0. The highest BCUT2D eigenvalue weighted by atomic mass is 19.1. The molecule has 6 heteroatoms. The molecule has 3 N–H and O–H groups in total. The van der Waals surface area contributed by atoms with Gasteiger partial charge in [-0.15, -0.1) is 0 Å². The lowest BCUT2D eigenvalue weighted by molar-refractivity contribution is -0.118. The van der Waals surface area contributed by atoms with Crippen molar-refractivity contribution in [2.45, 2.75) is 32.2 Å². The number of halogens is 1. The quantitative estimate of drug-likeness (QED) is 0.791. The molecule has 1 atom stereocenters. The van der Waals surface area contributed by atoms with Crippen LogP contribution in [0.3, 0.4) is 0 Å². The molecule has 1 aromatic carbocycles. The zero-order chi connectivity index (χ0) is 14.5. The minimum Gasteiger partial charge on any atom is -0.325 e. The largest absolute Gasteiger partial charge is 0.325 e. The zero-order valence-corrected chi connectivity index (χ0v) is 11.3. The molecule has 1 saturated heterocycles. The number of nitrogens with one attached hydrogen (secondary N) is 3. The standard InChI is InChI=1S/C14H18FN3O2/c1-9(19)17-13-8-10(5-6-11(13)15)18-14(20)12-4-2-3-7-16-12/h5-6,8,12,16H,2-4,7H2,1H3,(H,17,19)(H,18,20)/t12-/m0/s1. The van der Waals surface area contributed by atoms with Crippen molar-refractivity contribution in [2.75, 3.05) is 17.2 Å². The molecule has 1 heterocycles. The van der Waals surface area contributed by atoms with E-state index in [1.165, 1.54) is 25.1 Å². The molecule has 0 bridgehead atoms. The van der Waals surface area contributed by atoms with Gasteiger partial charge in [-0.25, -0.2) is 4.39 Å². The van der Waals surface area contributed by atoms with Crippen LogP contribution in [0, 0.1) is 5.82 Å². The molecule has 5 nitrogen and oxygen atoms in total. The lowest BCUT2D eigenvalue weighted by Gasteiger charge is -2.22. The zero-order valence-electron chi connectivity index (χ0n) is 11.3. The van der Waals surface area contributed by atoms with Crippen LogP contribution in [0.15, 0.2) is 18.2 Å². The van der Waals surface area contributed by atoms with E-state index in [2.05, 4.69) is 16.0 Å². The van der Waals surface area contributed by atoms with Gasteiger partial charge in [0.05, 0.1) is 11.7 Å². The number of rotatable bonds is 3. The summed E-state index contributed by atoms with van der Waals surface area (Å²) in [7, 11) is 0. The van der Waals surface area contributed by atoms with Crippen molar-refractivity contribution in [1.82, 2.24) is 5.32 Å². The smallest absolute Gasteiger partial charge is 0.241 e. The Kier molecular flexibility index (Phi) is 4.68. The molecule has 1 aromatic rings. The van der Waals surface area contributed by atoms with Crippen LogP contribution in [0.25, 0.3) is 0 Å². The third kappa shape index (κ3) is 3.77. The lowest BCUT2D eigenvalue weighted by Crippen LogP contribution is -2.43. The van der Waals surface area contributed by atoms with E-state index in [1.54, 1.807) is 0 Å². The maximum Gasteiger partial charge on any atom is 0.241 e.